The van der Waals surface area contributed by atoms with E-state index in [1.807, 2.05) is 0 Å². The summed E-state index contributed by atoms with van der Waals surface area (Å²) in [6.07, 6.45) is 17.7. The van der Waals surface area contributed by atoms with Crippen molar-refractivity contribution in [2.75, 3.05) is 6.54 Å². The van der Waals surface area contributed by atoms with Crippen LogP contribution in [0, 0.1) is 36.2 Å². The van der Waals surface area contributed by atoms with E-state index in [1.165, 1.54) is 44.1 Å². The van der Waals surface area contributed by atoms with Crippen molar-refractivity contribution in [3.8, 4) is 0 Å². The fraction of sp³-hybridized carbons (Fsp3) is 0.656. The SMILES string of the molecule is [C-]#[N+]CC(CCC(C=C)CCC(C/C=C/CC(C)C)c1ccccc1)CCC(CC)C(C)C. The molecule has 0 amide bonds. The van der Waals surface area contributed by atoms with E-state index in [1.54, 1.807) is 0 Å². The van der Waals surface area contributed by atoms with Crippen molar-refractivity contribution in [1.29, 1.82) is 0 Å². The normalized spacial score (nSPS) is 15.5. The predicted octanol–water partition coefficient (Wildman–Crippen LogP) is 10.1. The van der Waals surface area contributed by atoms with Crippen LogP contribution in [0.15, 0.2) is 55.1 Å². The summed E-state index contributed by atoms with van der Waals surface area (Å²) in [5.74, 6) is 3.93. The first-order valence-corrected chi connectivity index (χ1v) is 13.6. The van der Waals surface area contributed by atoms with Gasteiger partial charge in [0.15, 0.2) is 0 Å². The summed E-state index contributed by atoms with van der Waals surface area (Å²) in [7, 11) is 0. The fourth-order valence-corrected chi connectivity index (χ4v) is 4.93. The topological polar surface area (TPSA) is 4.36 Å². The van der Waals surface area contributed by atoms with Crippen molar-refractivity contribution in [3.05, 3.63) is 72.1 Å². The Hall–Kier alpha value is -1.81. The molecular weight excluding hydrogens is 398 g/mol. The molecule has 184 valence electrons. The van der Waals surface area contributed by atoms with Crippen molar-refractivity contribution < 1.29 is 0 Å². The highest BCUT2D eigenvalue weighted by molar-refractivity contribution is 5.20. The van der Waals surface area contributed by atoms with Crippen LogP contribution in [0.1, 0.15) is 104 Å². The number of benzene rings is 1. The van der Waals surface area contributed by atoms with Gasteiger partial charge in [0.1, 0.15) is 0 Å². The third-order valence-corrected chi connectivity index (χ3v) is 7.39. The lowest BCUT2D eigenvalue weighted by molar-refractivity contribution is 0.302. The van der Waals surface area contributed by atoms with Crippen molar-refractivity contribution in [3.63, 3.8) is 0 Å². The molecule has 0 radical (unpaired) electrons. The van der Waals surface area contributed by atoms with Gasteiger partial charge >= 0.3 is 0 Å². The first kappa shape index (κ1) is 29.2. The summed E-state index contributed by atoms with van der Waals surface area (Å²) in [6.45, 7) is 23.8. The van der Waals surface area contributed by atoms with Gasteiger partial charge in [0.25, 0.3) is 0 Å². The van der Waals surface area contributed by atoms with Crippen molar-refractivity contribution >= 4 is 0 Å². The Labute approximate surface area is 206 Å². The fourth-order valence-electron chi connectivity index (χ4n) is 4.93. The molecule has 0 aliphatic heterocycles. The van der Waals surface area contributed by atoms with Gasteiger partial charge in [-0.3, -0.25) is 0 Å². The minimum Gasteiger partial charge on any atom is -0.317 e. The molecule has 0 aliphatic carbocycles. The lowest BCUT2D eigenvalue weighted by Gasteiger charge is -2.22. The second kappa shape index (κ2) is 17.6. The van der Waals surface area contributed by atoms with E-state index in [0.29, 0.717) is 24.3 Å². The zero-order valence-corrected chi connectivity index (χ0v) is 22.3. The standard InChI is InChI=1S/C32H51N/c1-8-28(19-20-29(25-33-7)22-23-30(9-2)27(5)6)21-24-32(18-14-13-15-26(3)4)31-16-11-10-12-17-31/h8,10-14,16-17,26-30,32H,1,9,15,18-25H2,2-6H3/b14-13+. The Morgan fingerprint density at radius 2 is 1.52 bits per heavy atom. The van der Waals surface area contributed by atoms with E-state index >= 15 is 0 Å². The summed E-state index contributed by atoms with van der Waals surface area (Å²) >= 11 is 0. The Morgan fingerprint density at radius 3 is 2.09 bits per heavy atom. The molecule has 0 aromatic heterocycles. The molecule has 0 saturated heterocycles. The smallest absolute Gasteiger partial charge is 0.217 e. The maximum Gasteiger partial charge on any atom is 0.217 e. The van der Waals surface area contributed by atoms with E-state index in [4.69, 9.17) is 6.57 Å². The van der Waals surface area contributed by atoms with Crippen LogP contribution in [0.3, 0.4) is 0 Å². The molecule has 1 aromatic rings. The average Bonchev–Trinajstić information content (AvgIpc) is 2.80. The van der Waals surface area contributed by atoms with Gasteiger partial charge in [-0.15, -0.1) is 6.58 Å². The van der Waals surface area contributed by atoms with Gasteiger partial charge in [0.2, 0.25) is 6.54 Å². The first-order valence-electron chi connectivity index (χ1n) is 13.6. The van der Waals surface area contributed by atoms with E-state index in [9.17, 15) is 0 Å². The van der Waals surface area contributed by atoms with Gasteiger partial charge in [-0.05, 0) is 86.5 Å². The van der Waals surface area contributed by atoms with Gasteiger partial charge in [-0.25, -0.2) is 6.57 Å². The quantitative estimate of drug-likeness (QED) is 0.155. The minimum atomic E-state index is 0.543. The Bertz CT molecular complexity index is 678. The Balaban J connectivity index is 2.64. The molecule has 0 heterocycles. The van der Waals surface area contributed by atoms with Crippen LogP contribution >= 0.6 is 0 Å². The van der Waals surface area contributed by atoms with Crippen LogP contribution in [0.25, 0.3) is 4.85 Å². The Morgan fingerprint density at radius 1 is 0.879 bits per heavy atom. The van der Waals surface area contributed by atoms with Gasteiger partial charge in [0, 0.05) is 5.92 Å². The zero-order valence-electron chi connectivity index (χ0n) is 22.3. The van der Waals surface area contributed by atoms with E-state index in [2.05, 4.69) is 94.6 Å². The predicted molar refractivity (Wildman–Crippen MR) is 147 cm³/mol. The summed E-state index contributed by atoms with van der Waals surface area (Å²) in [5.41, 5.74) is 1.46. The maximum absolute atomic E-state index is 7.42. The average molecular weight is 450 g/mol. The van der Waals surface area contributed by atoms with Crippen molar-refractivity contribution in [2.45, 2.75) is 98.3 Å². The molecule has 0 spiro atoms. The molecule has 33 heavy (non-hydrogen) atoms. The van der Waals surface area contributed by atoms with Crippen LogP contribution in [0.5, 0.6) is 0 Å². The summed E-state index contributed by atoms with van der Waals surface area (Å²) in [6, 6.07) is 11.0. The molecular formula is C32H51N. The number of rotatable bonds is 18. The van der Waals surface area contributed by atoms with Gasteiger partial charge in [-0.2, -0.15) is 0 Å². The van der Waals surface area contributed by atoms with E-state index < -0.39 is 0 Å². The minimum absolute atomic E-state index is 0.543. The lowest BCUT2D eigenvalue weighted by atomic mass is 9.82. The molecule has 0 bridgehead atoms. The van der Waals surface area contributed by atoms with Crippen molar-refractivity contribution in [2.24, 2.45) is 29.6 Å². The number of allylic oxidation sites excluding steroid dienone is 3. The second-order valence-electron chi connectivity index (χ2n) is 10.8. The van der Waals surface area contributed by atoms with Crippen LogP contribution in [0.2, 0.25) is 0 Å². The molecule has 1 rings (SSSR count). The van der Waals surface area contributed by atoms with Crippen LogP contribution in [-0.4, -0.2) is 6.54 Å². The molecule has 0 aliphatic rings. The number of nitrogens with zero attached hydrogens (tertiary/aromatic N) is 1. The highest BCUT2D eigenvalue weighted by Gasteiger charge is 2.19. The zero-order chi connectivity index (χ0) is 24.5. The summed E-state index contributed by atoms with van der Waals surface area (Å²) < 4.78 is 0. The Kier molecular flexibility index (Phi) is 15.6. The molecule has 1 aromatic carbocycles. The number of hydrogen-bond acceptors (Lipinski definition) is 0. The van der Waals surface area contributed by atoms with E-state index in [0.717, 1.165) is 37.0 Å². The van der Waals surface area contributed by atoms with Crippen molar-refractivity contribution in [1.82, 2.24) is 0 Å². The summed E-state index contributed by atoms with van der Waals surface area (Å²) in [4.78, 5) is 3.77. The van der Waals surface area contributed by atoms with Crippen LogP contribution < -0.4 is 0 Å². The number of hydrogen-bond donors (Lipinski definition) is 0. The lowest BCUT2D eigenvalue weighted by Crippen LogP contribution is -2.13. The summed E-state index contributed by atoms with van der Waals surface area (Å²) in [5, 5.41) is 0. The molecule has 0 N–H and O–H groups in total. The van der Waals surface area contributed by atoms with E-state index in [-0.39, 0.29) is 0 Å². The maximum atomic E-state index is 7.42. The van der Waals surface area contributed by atoms with Gasteiger partial charge in [-0.1, -0.05) is 89.6 Å². The second-order valence-corrected chi connectivity index (χ2v) is 10.8. The molecule has 1 nitrogen and oxygen atoms in total. The highest BCUT2D eigenvalue weighted by atomic mass is 14.6. The monoisotopic (exact) mass is 449 g/mol. The van der Waals surface area contributed by atoms with Gasteiger partial charge < -0.3 is 4.85 Å². The third-order valence-electron chi connectivity index (χ3n) is 7.39. The molecule has 4 atom stereocenters. The molecule has 4 unspecified atom stereocenters. The largest absolute Gasteiger partial charge is 0.317 e. The van der Waals surface area contributed by atoms with Crippen LogP contribution in [0.4, 0.5) is 0 Å². The molecule has 1 heteroatoms. The van der Waals surface area contributed by atoms with Crippen LogP contribution in [-0.2, 0) is 0 Å². The van der Waals surface area contributed by atoms with Gasteiger partial charge in [0.05, 0.1) is 0 Å². The molecule has 0 saturated carbocycles. The third kappa shape index (κ3) is 12.9. The first-order chi connectivity index (χ1) is 15.9. The molecule has 0 fully saturated rings. The highest BCUT2D eigenvalue weighted by Crippen LogP contribution is 2.31.